The number of nitrogens with zero attached hydrogens (tertiary/aromatic N) is 2. The van der Waals surface area contributed by atoms with Crippen LogP contribution in [0.25, 0.3) is 0 Å². The lowest BCUT2D eigenvalue weighted by atomic mass is 9.97. The topological polar surface area (TPSA) is 25.8 Å². The van der Waals surface area contributed by atoms with Gasteiger partial charge in [-0.3, -0.25) is 0 Å². The molecular weight excluding hydrogens is 160 g/mol. The molecule has 0 radical (unpaired) electrons. The monoisotopic (exact) mass is 176 g/mol. The van der Waals surface area contributed by atoms with Crippen LogP contribution in [0.5, 0.6) is 0 Å². The molecule has 1 atom stereocenters. The van der Waals surface area contributed by atoms with Gasteiger partial charge in [0.15, 0.2) is 0 Å². The fraction of sp³-hybridized carbons (Fsp3) is 0.636. The van der Waals surface area contributed by atoms with Crippen molar-refractivity contribution in [3.05, 3.63) is 23.3 Å². The van der Waals surface area contributed by atoms with Gasteiger partial charge in [0.25, 0.3) is 0 Å². The predicted molar refractivity (Wildman–Crippen MR) is 52.8 cm³/mol. The summed E-state index contributed by atoms with van der Waals surface area (Å²) in [6, 6.07) is 0. The Morgan fingerprint density at radius 2 is 2.23 bits per heavy atom. The van der Waals surface area contributed by atoms with Crippen molar-refractivity contribution in [1.29, 1.82) is 0 Å². The van der Waals surface area contributed by atoms with E-state index in [9.17, 15) is 0 Å². The first-order chi connectivity index (χ1) is 6.36. The Hall–Kier alpha value is -0.920. The molecule has 0 unspecified atom stereocenters. The first kappa shape index (κ1) is 8.67. The Morgan fingerprint density at radius 3 is 2.92 bits per heavy atom. The SMILES string of the molecule is CCc1ncnc2c1[C@@H](CC)CC2. The van der Waals surface area contributed by atoms with Crippen LogP contribution in [0.1, 0.15) is 49.6 Å². The fourth-order valence-corrected chi connectivity index (χ4v) is 2.29. The van der Waals surface area contributed by atoms with Gasteiger partial charge in [-0.25, -0.2) is 9.97 Å². The van der Waals surface area contributed by atoms with Crippen LogP contribution in [0.2, 0.25) is 0 Å². The molecule has 0 fully saturated rings. The van der Waals surface area contributed by atoms with E-state index in [1.807, 2.05) is 0 Å². The molecule has 1 heterocycles. The Labute approximate surface area is 79.4 Å². The van der Waals surface area contributed by atoms with E-state index in [2.05, 4.69) is 23.8 Å². The lowest BCUT2D eigenvalue weighted by Crippen LogP contribution is -2.01. The summed E-state index contributed by atoms with van der Waals surface area (Å²) < 4.78 is 0. The van der Waals surface area contributed by atoms with Crippen LogP contribution in [0.4, 0.5) is 0 Å². The van der Waals surface area contributed by atoms with Crippen molar-refractivity contribution in [2.45, 2.75) is 45.4 Å². The molecule has 0 N–H and O–H groups in total. The highest BCUT2D eigenvalue weighted by Crippen LogP contribution is 2.35. The van der Waals surface area contributed by atoms with Gasteiger partial charge in [0.05, 0.1) is 0 Å². The number of hydrogen-bond donors (Lipinski definition) is 0. The third-order valence-electron chi connectivity index (χ3n) is 3.01. The molecular formula is C11H16N2. The van der Waals surface area contributed by atoms with Crippen LogP contribution in [0.15, 0.2) is 6.33 Å². The Balaban J connectivity index is 2.46. The molecule has 2 nitrogen and oxygen atoms in total. The molecule has 2 rings (SSSR count). The van der Waals surface area contributed by atoms with Crippen LogP contribution in [0.3, 0.4) is 0 Å². The minimum atomic E-state index is 0.728. The Bertz CT molecular complexity index is 307. The molecule has 1 aliphatic carbocycles. The van der Waals surface area contributed by atoms with Gasteiger partial charge in [-0.2, -0.15) is 0 Å². The third kappa shape index (κ3) is 1.34. The van der Waals surface area contributed by atoms with Gasteiger partial charge in [0, 0.05) is 11.4 Å². The second-order valence-corrected chi connectivity index (χ2v) is 3.68. The van der Waals surface area contributed by atoms with Gasteiger partial charge >= 0.3 is 0 Å². The fourth-order valence-electron chi connectivity index (χ4n) is 2.29. The summed E-state index contributed by atoms with van der Waals surface area (Å²) in [6.07, 6.45) is 6.42. The van der Waals surface area contributed by atoms with Crippen molar-refractivity contribution in [3.8, 4) is 0 Å². The van der Waals surface area contributed by atoms with E-state index in [0.717, 1.165) is 18.8 Å². The Kier molecular flexibility index (Phi) is 2.30. The van der Waals surface area contributed by atoms with E-state index in [1.54, 1.807) is 6.33 Å². The van der Waals surface area contributed by atoms with Gasteiger partial charge < -0.3 is 0 Å². The molecule has 0 aliphatic heterocycles. The molecule has 1 aliphatic rings. The van der Waals surface area contributed by atoms with Crippen molar-refractivity contribution in [2.75, 3.05) is 0 Å². The summed E-state index contributed by atoms with van der Waals surface area (Å²) in [7, 11) is 0. The van der Waals surface area contributed by atoms with Crippen molar-refractivity contribution < 1.29 is 0 Å². The van der Waals surface area contributed by atoms with Crippen LogP contribution in [-0.4, -0.2) is 9.97 Å². The first-order valence-electron chi connectivity index (χ1n) is 5.19. The van der Waals surface area contributed by atoms with Crippen LogP contribution in [0, 0.1) is 0 Å². The zero-order valence-corrected chi connectivity index (χ0v) is 8.38. The number of fused-ring (bicyclic) bond motifs is 1. The van der Waals surface area contributed by atoms with E-state index in [-0.39, 0.29) is 0 Å². The van der Waals surface area contributed by atoms with Gasteiger partial charge in [-0.1, -0.05) is 13.8 Å². The molecule has 70 valence electrons. The van der Waals surface area contributed by atoms with E-state index >= 15 is 0 Å². The maximum absolute atomic E-state index is 4.36. The van der Waals surface area contributed by atoms with Gasteiger partial charge in [-0.15, -0.1) is 0 Å². The largest absolute Gasteiger partial charge is 0.241 e. The minimum absolute atomic E-state index is 0.728. The van der Waals surface area contributed by atoms with Crippen molar-refractivity contribution >= 4 is 0 Å². The zero-order valence-electron chi connectivity index (χ0n) is 8.38. The molecule has 13 heavy (non-hydrogen) atoms. The smallest absolute Gasteiger partial charge is 0.115 e. The first-order valence-corrected chi connectivity index (χ1v) is 5.19. The van der Waals surface area contributed by atoms with Crippen LogP contribution < -0.4 is 0 Å². The van der Waals surface area contributed by atoms with Gasteiger partial charge in [0.1, 0.15) is 6.33 Å². The molecule has 0 spiro atoms. The standard InChI is InChI=1S/C11H16N2/c1-3-8-5-6-10-11(8)9(4-2)12-7-13-10/h7-8H,3-6H2,1-2H3/t8-/m0/s1. The summed E-state index contributed by atoms with van der Waals surface area (Å²) >= 11 is 0. The van der Waals surface area contributed by atoms with Crippen molar-refractivity contribution in [3.63, 3.8) is 0 Å². The van der Waals surface area contributed by atoms with Crippen molar-refractivity contribution in [1.82, 2.24) is 9.97 Å². The van der Waals surface area contributed by atoms with E-state index < -0.39 is 0 Å². The summed E-state index contributed by atoms with van der Waals surface area (Å²) in [5.74, 6) is 0.728. The van der Waals surface area contributed by atoms with Gasteiger partial charge in [-0.05, 0) is 37.2 Å². The average molecular weight is 176 g/mol. The summed E-state index contributed by atoms with van der Waals surface area (Å²) in [4.78, 5) is 8.71. The zero-order chi connectivity index (χ0) is 9.26. The normalized spacial score (nSPS) is 20.3. The lowest BCUT2D eigenvalue weighted by Gasteiger charge is -2.10. The van der Waals surface area contributed by atoms with Gasteiger partial charge in [0.2, 0.25) is 0 Å². The molecule has 0 saturated carbocycles. The number of aryl methyl sites for hydroxylation is 2. The highest BCUT2D eigenvalue weighted by atomic mass is 14.9. The molecule has 0 aromatic carbocycles. The predicted octanol–water partition coefficient (Wildman–Crippen LogP) is 2.48. The molecule has 2 heteroatoms. The second kappa shape index (κ2) is 3.44. The summed E-state index contributed by atoms with van der Waals surface area (Å²) in [6.45, 7) is 4.43. The minimum Gasteiger partial charge on any atom is -0.241 e. The molecule has 0 amide bonds. The average Bonchev–Trinajstić information content (AvgIpc) is 2.60. The molecule has 0 saturated heterocycles. The summed E-state index contributed by atoms with van der Waals surface area (Å²) in [5.41, 5.74) is 4.04. The third-order valence-corrected chi connectivity index (χ3v) is 3.01. The molecule has 1 aromatic rings. The number of aromatic nitrogens is 2. The molecule has 1 aromatic heterocycles. The Morgan fingerprint density at radius 1 is 1.38 bits per heavy atom. The maximum Gasteiger partial charge on any atom is 0.115 e. The highest BCUT2D eigenvalue weighted by molar-refractivity contribution is 5.33. The molecule has 0 bridgehead atoms. The van der Waals surface area contributed by atoms with E-state index in [0.29, 0.717) is 0 Å². The summed E-state index contributed by atoms with van der Waals surface area (Å²) in [5, 5.41) is 0. The number of hydrogen-bond acceptors (Lipinski definition) is 2. The highest BCUT2D eigenvalue weighted by Gasteiger charge is 2.24. The van der Waals surface area contributed by atoms with E-state index in [4.69, 9.17) is 0 Å². The van der Waals surface area contributed by atoms with E-state index in [1.165, 1.54) is 29.8 Å². The quantitative estimate of drug-likeness (QED) is 0.691. The van der Waals surface area contributed by atoms with Crippen molar-refractivity contribution in [2.24, 2.45) is 0 Å². The second-order valence-electron chi connectivity index (χ2n) is 3.68. The maximum atomic E-state index is 4.36. The number of rotatable bonds is 2. The van der Waals surface area contributed by atoms with Crippen LogP contribution >= 0.6 is 0 Å². The lowest BCUT2D eigenvalue weighted by molar-refractivity contribution is 0.648. The van der Waals surface area contributed by atoms with Crippen LogP contribution in [-0.2, 0) is 12.8 Å².